The molecule has 1 unspecified atom stereocenters. The van der Waals surface area contributed by atoms with Crippen LogP contribution in [0.4, 0.5) is 0 Å². The summed E-state index contributed by atoms with van der Waals surface area (Å²) in [4.78, 5) is 13.8. The highest BCUT2D eigenvalue weighted by atomic mass is 35.5. The van der Waals surface area contributed by atoms with Crippen LogP contribution in [0, 0.1) is 5.92 Å². The predicted molar refractivity (Wildman–Crippen MR) is 108 cm³/mol. The van der Waals surface area contributed by atoms with Gasteiger partial charge in [-0.3, -0.25) is 4.79 Å². The molecule has 1 aromatic heterocycles. The number of hydrogen-bond donors (Lipinski definition) is 0. The molecule has 1 saturated heterocycles. The highest BCUT2D eigenvalue weighted by Crippen LogP contribution is 2.36. The lowest BCUT2D eigenvalue weighted by molar-refractivity contribution is -0.131. The molecule has 1 atom stereocenters. The van der Waals surface area contributed by atoms with Crippen molar-refractivity contribution in [2.45, 2.75) is 50.6 Å². The molecule has 3 rings (SSSR count). The summed E-state index contributed by atoms with van der Waals surface area (Å²) in [6.07, 6.45) is 1.73. The first-order chi connectivity index (χ1) is 13.7. The van der Waals surface area contributed by atoms with Crippen LogP contribution in [0.15, 0.2) is 33.6 Å². The maximum Gasteiger partial charge on any atom is 0.243 e. The van der Waals surface area contributed by atoms with E-state index in [1.807, 2.05) is 13.8 Å². The molecule has 0 bridgehead atoms. The Balaban J connectivity index is 1.75. The second kappa shape index (κ2) is 8.81. The van der Waals surface area contributed by atoms with E-state index < -0.39 is 16.1 Å². The molecular formula is C19H25ClN4O4S. The van der Waals surface area contributed by atoms with Crippen molar-refractivity contribution in [1.82, 2.24) is 19.4 Å². The summed E-state index contributed by atoms with van der Waals surface area (Å²) >= 11 is 5.87. The van der Waals surface area contributed by atoms with Crippen LogP contribution in [0.2, 0.25) is 5.02 Å². The van der Waals surface area contributed by atoms with Crippen molar-refractivity contribution in [3.05, 3.63) is 41.1 Å². The van der Waals surface area contributed by atoms with E-state index in [0.717, 1.165) is 0 Å². The Kier molecular flexibility index (Phi) is 6.60. The topological polar surface area (TPSA) is 96.6 Å². The molecule has 29 heavy (non-hydrogen) atoms. The molecule has 2 aromatic rings. The van der Waals surface area contributed by atoms with Gasteiger partial charge in [0.2, 0.25) is 27.7 Å². The van der Waals surface area contributed by atoms with Crippen molar-refractivity contribution in [3.63, 3.8) is 0 Å². The van der Waals surface area contributed by atoms with Crippen LogP contribution < -0.4 is 0 Å². The summed E-state index contributed by atoms with van der Waals surface area (Å²) in [5.74, 6) is 0.788. The zero-order valence-corrected chi connectivity index (χ0v) is 18.3. The van der Waals surface area contributed by atoms with Crippen LogP contribution in [0.25, 0.3) is 0 Å². The van der Waals surface area contributed by atoms with Gasteiger partial charge < -0.3 is 9.32 Å². The van der Waals surface area contributed by atoms with E-state index in [1.165, 1.54) is 21.3 Å². The van der Waals surface area contributed by atoms with Crippen molar-refractivity contribution >= 4 is 27.5 Å². The lowest BCUT2D eigenvalue weighted by atomic mass is 10.1. The SMILES string of the molecule is CC(C)CC(=O)N(C)Cc1nnc(C2CCCN2S(=O)(=O)c2ccc(Cl)cc2)o1. The second-order valence-corrected chi connectivity index (χ2v) is 9.94. The number of aromatic nitrogens is 2. The number of amides is 1. The third-order valence-corrected chi connectivity index (χ3v) is 6.95. The molecule has 1 aromatic carbocycles. The molecule has 1 amide bonds. The molecule has 1 aliphatic rings. The smallest absolute Gasteiger partial charge is 0.243 e. The van der Waals surface area contributed by atoms with Gasteiger partial charge in [-0.25, -0.2) is 8.42 Å². The fourth-order valence-electron chi connectivity index (χ4n) is 3.28. The average Bonchev–Trinajstić information content (AvgIpc) is 3.30. The third kappa shape index (κ3) is 4.96. The number of carbonyl (C=O) groups is 1. The van der Waals surface area contributed by atoms with E-state index in [-0.39, 0.29) is 35.0 Å². The molecule has 2 heterocycles. The summed E-state index contributed by atoms with van der Waals surface area (Å²) in [5.41, 5.74) is 0. The maximum absolute atomic E-state index is 13.0. The molecular weight excluding hydrogens is 416 g/mol. The lowest BCUT2D eigenvalue weighted by Gasteiger charge is -2.21. The van der Waals surface area contributed by atoms with Crippen LogP contribution >= 0.6 is 11.6 Å². The molecule has 1 fully saturated rings. The Hall–Kier alpha value is -1.97. The highest BCUT2D eigenvalue weighted by molar-refractivity contribution is 7.89. The number of hydrogen-bond acceptors (Lipinski definition) is 6. The number of rotatable bonds is 7. The van der Waals surface area contributed by atoms with Gasteiger partial charge in [0.25, 0.3) is 0 Å². The van der Waals surface area contributed by atoms with E-state index in [1.54, 1.807) is 19.2 Å². The zero-order valence-electron chi connectivity index (χ0n) is 16.7. The monoisotopic (exact) mass is 440 g/mol. The predicted octanol–water partition coefficient (Wildman–Crippen LogP) is 3.25. The van der Waals surface area contributed by atoms with Crippen LogP contribution in [-0.4, -0.2) is 47.3 Å². The third-order valence-electron chi connectivity index (χ3n) is 4.77. The van der Waals surface area contributed by atoms with Crippen molar-refractivity contribution in [3.8, 4) is 0 Å². The molecule has 8 nitrogen and oxygen atoms in total. The van der Waals surface area contributed by atoms with E-state index >= 15 is 0 Å². The standard InChI is InChI=1S/C19H25ClN4O4S/c1-13(2)11-18(25)23(3)12-17-21-22-19(28-17)16-5-4-10-24(16)29(26,27)15-8-6-14(20)7-9-15/h6-9,13,16H,4-5,10-12H2,1-3H3. The average molecular weight is 441 g/mol. The van der Waals surface area contributed by atoms with Crippen molar-refractivity contribution < 1.29 is 17.6 Å². The number of benzene rings is 1. The van der Waals surface area contributed by atoms with Gasteiger partial charge in [0.15, 0.2) is 0 Å². The number of nitrogens with zero attached hydrogens (tertiary/aromatic N) is 4. The molecule has 0 spiro atoms. The van der Waals surface area contributed by atoms with Crippen molar-refractivity contribution in [1.29, 1.82) is 0 Å². The van der Waals surface area contributed by atoms with Crippen molar-refractivity contribution in [2.75, 3.05) is 13.6 Å². The molecule has 0 N–H and O–H groups in total. The lowest BCUT2D eigenvalue weighted by Crippen LogP contribution is -2.30. The van der Waals surface area contributed by atoms with Gasteiger partial charge in [0.1, 0.15) is 6.04 Å². The number of halogens is 1. The summed E-state index contributed by atoms with van der Waals surface area (Å²) < 4.78 is 33.2. The van der Waals surface area contributed by atoms with Crippen LogP contribution in [0.3, 0.4) is 0 Å². The van der Waals surface area contributed by atoms with Crippen LogP contribution in [0.5, 0.6) is 0 Å². The second-order valence-electron chi connectivity index (χ2n) is 7.61. The van der Waals surface area contributed by atoms with E-state index in [2.05, 4.69) is 10.2 Å². The fraction of sp³-hybridized carbons (Fsp3) is 0.526. The first kappa shape index (κ1) is 21.7. The molecule has 10 heteroatoms. The van der Waals surface area contributed by atoms with E-state index in [0.29, 0.717) is 30.8 Å². The molecule has 0 aliphatic carbocycles. The van der Waals surface area contributed by atoms with Gasteiger partial charge in [-0.05, 0) is 43.0 Å². The van der Waals surface area contributed by atoms with Gasteiger partial charge in [0, 0.05) is 25.0 Å². The summed E-state index contributed by atoms with van der Waals surface area (Å²) in [6, 6.07) is 5.56. The van der Waals surface area contributed by atoms with Crippen LogP contribution in [0.1, 0.15) is 50.9 Å². The highest BCUT2D eigenvalue weighted by Gasteiger charge is 2.39. The minimum absolute atomic E-state index is 0.00689. The first-order valence-corrected chi connectivity index (χ1v) is 11.3. The largest absolute Gasteiger partial charge is 0.422 e. The summed E-state index contributed by atoms with van der Waals surface area (Å²) in [6.45, 7) is 4.52. The Morgan fingerprint density at radius 3 is 2.66 bits per heavy atom. The summed E-state index contributed by atoms with van der Waals surface area (Å²) in [7, 11) is -2.03. The van der Waals surface area contributed by atoms with Gasteiger partial charge in [-0.2, -0.15) is 4.31 Å². The quantitative estimate of drug-likeness (QED) is 0.655. The Labute approximate surface area is 175 Å². The zero-order chi connectivity index (χ0) is 21.2. The normalized spacial score (nSPS) is 17.8. The minimum atomic E-state index is -3.71. The number of sulfonamides is 1. The molecule has 158 valence electrons. The van der Waals surface area contributed by atoms with Crippen molar-refractivity contribution in [2.24, 2.45) is 5.92 Å². The minimum Gasteiger partial charge on any atom is -0.422 e. The Morgan fingerprint density at radius 1 is 1.31 bits per heavy atom. The fourth-order valence-corrected chi connectivity index (χ4v) is 5.05. The van der Waals surface area contributed by atoms with E-state index in [9.17, 15) is 13.2 Å². The van der Waals surface area contributed by atoms with Gasteiger partial charge in [0.05, 0.1) is 11.4 Å². The Morgan fingerprint density at radius 2 is 2.00 bits per heavy atom. The molecule has 1 aliphatic heterocycles. The van der Waals surface area contributed by atoms with Gasteiger partial charge in [-0.1, -0.05) is 25.4 Å². The maximum atomic E-state index is 13.0. The first-order valence-electron chi connectivity index (χ1n) is 9.52. The van der Waals surface area contributed by atoms with Crippen LogP contribution in [-0.2, 0) is 21.4 Å². The van der Waals surface area contributed by atoms with Gasteiger partial charge in [-0.15, -0.1) is 10.2 Å². The molecule has 0 saturated carbocycles. The molecule has 0 radical (unpaired) electrons. The van der Waals surface area contributed by atoms with Gasteiger partial charge >= 0.3 is 0 Å². The summed E-state index contributed by atoms with van der Waals surface area (Å²) in [5, 5.41) is 8.55. The van der Waals surface area contributed by atoms with E-state index in [4.69, 9.17) is 16.0 Å². The number of carbonyl (C=O) groups excluding carboxylic acids is 1. The Bertz CT molecular complexity index is 959.